The van der Waals surface area contributed by atoms with Crippen LogP contribution in [0.1, 0.15) is 37.8 Å². The Kier molecular flexibility index (Phi) is 6.37. The number of morpholine rings is 1. The summed E-state index contributed by atoms with van der Waals surface area (Å²) in [5.41, 5.74) is 2.65. The summed E-state index contributed by atoms with van der Waals surface area (Å²) in [5.74, 6) is 2.25. The van der Waals surface area contributed by atoms with Crippen molar-refractivity contribution in [2.75, 3.05) is 44.0 Å². The van der Waals surface area contributed by atoms with Gasteiger partial charge in [-0.25, -0.2) is 4.68 Å². The van der Waals surface area contributed by atoms with Gasteiger partial charge in [0.2, 0.25) is 11.1 Å². The van der Waals surface area contributed by atoms with Gasteiger partial charge in [0.15, 0.2) is 12.4 Å². The van der Waals surface area contributed by atoms with Crippen LogP contribution in [-0.2, 0) is 14.3 Å². The fourth-order valence-electron chi connectivity index (χ4n) is 4.43. The number of ketones is 1. The zero-order valence-electron chi connectivity index (χ0n) is 18.6. The van der Waals surface area contributed by atoms with E-state index in [9.17, 15) is 9.59 Å². The van der Waals surface area contributed by atoms with Crippen LogP contribution in [0.4, 0.5) is 5.95 Å². The van der Waals surface area contributed by atoms with E-state index in [1.165, 1.54) is 0 Å². The van der Waals surface area contributed by atoms with Crippen LogP contribution in [0.25, 0.3) is 0 Å². The average molecular weight is 470 g/mol. The molecule has 0 spiro atoms. The van der Waals surface area contributed by atoms with Crippen molar-refractivity contribution in [1.82, 2.24) is 19.7 Å². The van der Waals surface area contributed by atoms with Crippen LogP contribution in [0.3, 0.4) is 0 Å². The second-order valence-electron chi connectivity index (χ2n) is 8.14. The SMILES string of the molecule is CCSc1nc2n(n1)C(c1ccc(OCC(=O)N3CCOCC3)cc1)C1=C(CCCC1=O)N2. The van der Waals surface area contributed by atoms with Crippen molar-refractivity contribution in [3.05, 3.63) is 41.1 Å². The number of benzene rings is 1. The van der Waals surface area contributed by atoms with Crippen molar-refractivity contribution >= 4 is 29.4 Å². The number of fused-ring (bicyclic) bond motifs is 1. The normalized spacial score (nSPS) is 20.2. The maximum Gasteiger partial charge on any atom is 0.260 e. The molecule has 5 rings (SSSR count). The highest BCUT2D eigenvalue weighted by Gasteiger charge is 2.36. The zero-order valence-corrected chi connectivity index (χ0v) is 19.4. The molecule has 1 aromatic heterocycles. The second-order valence-corrected chi connectivity index (χ2v) is 9.37. The fraction of sp³-hybridized carbons (Fsp3) is 0.478. The number of carbonyl (C=O) groups is 2. The number of hydrogen-bond donors (Lipinski definition) is 1. The topological polar surface area (TPSA) is 98.6 Å². The molecule has 2 aliphatic heterocycles. The number of rotatable bonds is 6. The van der Waals surface area contributed by atoms with Crippen molar-refractivity contribution < 1.29 is 19.1 Å². The average Bonchev–Trinajstić information content (AvgIpc) is 3.24. The molecule has 1 fully saturated rings. The Balaban J connectivity index is 1.37. The number of thioether (sulfide) groups is 1. The van der Waals surface area contributed by atoms with E-state index in [1.54, 1.807) is 16.7 Å². The first-order valence-electron chi connectivity index (χ1n) is 11.3. The standard InChI is InChI=1S/C23H27N5O4S/c1-2-33-23-25-22-24-17-4-3-5-18(29)20(17)21(28(22)26-23)15-6-8-16(9-7-15)32-14-19(30)27-10-12-31-13-11-27/h6-9,21H,2-5,10-14H2,1H3,(H,24,25,26). The number of hydrogen-bond acceptors (Lipinski definition) is 8. The lowest BCUT2D eigenvalue weighted by molar-refractivity contribution is -0.137. The van der Waals surface area contributed by atoms with Crippen LogP contribution in [-0.4, -0.2) is 70.0 Å². The van der Waals surface area contributed by atoms with E-state index in [0.717, 1.165) is 35.4 Å². The van der Waals surface area contributed by atoms with E-state index in [2.05, 4.69) is 22.3 Å². The molecule has 1 atom stereocenters. The summed E-state index contributed by atoms with van der Waals surface area (Å²) in [7, 11) is 0. The van der Waals surface area contributed by atoms with Gasteiger partial charge < -0.3 is 19.7 Å². The van der Waals surface area contributed by atoms with E-state index >= 15 is 0 Å². The summed E-state index contributed by atoms with van der Waals surface area (Å²) in [4.78, 5) is 31.6. The molecule has 1 N–H and O–H groups in total. The van der Waals surface area contributed by atoms with Gasteiger partial charge in [0.1, 0.15) is 11.8 Å². The quantitative estimate of drug-likeness (QED) is 0.645. The summed E-state index contributed by atoms with van der Waals surface area (Å²) >= 11 is 1.57. The first kappa shape index (κ1) is 22.0. The van der Waals surface area contributed by atoms with Gasteiger partial charge in [-0.15, -0.1) is 5.10 Å². The predicted molar refractivity (Wildman–Crippen MR) is 123 cm³/mol. The van der Waals surface area contributed by atoms with E-state index in [1.807, 2.05) is 28.9 Å². The van der Waals surface area contributed by atoms with Gasteiger partial charge in [0.25, 0.3) is 5.91 Å². The van der Waals surface area contributed by atoms with Gasteiger partial charge in [0.05, 0.1) is 13.2 Å². The third-order valence-corrected chi connectivity index (χ3v) is 6.76. The van der Waals surface area contributed by atoms with Gasteiger partial charge in [0, 0.05) is 30.8 Å². The molecule has 0 saturated carbocycles. The largest absolute Gasteiger partial charge is 0.484 e. The maximum atomic E-state index is 12.9. The Morgan fingerprint density at radius 1 is 1.24 bits per heavy atom. The summed E-state index contributed by atoms with van der Waals surface area (Å²) in [6.45, 7) is 4.38. The molecule has 174 valence electrons. The summed E-state index contributed by atoms with van der Waals surface area (Å²) in [6.07, 6.45) is 2.21. The first-order valence-corrected chi connectivity index (χ1v) is 12.3. The smallest absolute Gasteiger partial charge is 0.260 e. The van der Waals surface area contributed by atoms with Crippen LogP contribution in [0, 0.1) is 0 Å². The fourth-order valence-corrected chi connectivity index (χ4v) is 4.99. The summed E-state index contributed by atoms with van der Waals surface area (Å²) in [5, 5.41) is 8.72. The van der Waals surface area contributed by atoms with Crippen LogP contribution >= 0.6 is 11.8 Å². The van der Waals surface area contributed by atoms with Gasteiger partial charge in [-0.3, -0.25) is 9.59 Å². The number of aromatic nitrogens is 3. The Bertz CT molecular complexity index is 1080. The molecule has 1 aliphatic carbocycles. The van der Waals surface area contributed by atoms with Crippen LogP contribution < -0.4 is 10.1 Å². The third kappa shape index (κ3) is 4.49. The highest BCUT2D eigenvalue weighted by atomic mass is 32.2. The molecule has 9 nitrogen and oxygen atoms in total. The van der Waals surface area contributed by atoms with Crippen LogP contribution in [0.5, 0.6) is 5.75 Å². The number of amides is 1. The van der Waals surface area contributed by atoms with E-state index in [-0.39, 0.29) is 24.3 Å². The maximum absolute atomic E-state index is 12.9. The molecule has 1 saturated heterocycles. The number of ether oxygens (including phenoxy) is 2. The van der Waals surface area contributed by atoms with Gasteiger partial charge in [-0.2, -0.15) is 4.98 Å². The van der Waals surface area contributed by atoms with Crippen molar-refractivity contribution in [3.8, 4) is 5.75 Å². The summed E-state index contributed by atoms with van der Waals surface area (Å²) < 4.78 is 12.8. The monoisotopic (exact) mass is 469 g/mol. The molecular weight excluding hydrogens is 442 g/mol. The second kappa shape index (κ2) is 9.56. The minimum absolute atomic E-state index is 0.00862. The lowest BCUT2D eigenvalue weighted by Crippen LogP contribution is -2.42. The molecule has 10 heteroatoms. The minimum Gasteiger partial charge on any atom is -0.484 e. The Morgan fingerprint density at radius 3 is 2.79 bits per heavy atom. The molecule has 1 amide bonds. The number of carbonyl (C=O) groups excluding carboxylic acids is 2. The number of allylic oxidation sites excluding steroid dienone is 2. The lowest BCUT2D eigenvalue weighted by atomic mass is 9.85. The number of nitrogens with one attached hydrogen (secondary N) is 1. The molecule has 33 heavy (non-hydrogen) atoms. The third-order valence-electron chi connectivity index (χ3n) is 6.04. The zero-order chi connectivity index (χ0) is 22.8. The number of Topliss-reactive ketones (excluding diaryl/α,β-unsaturated/α-hetero) is 1. The van der Waals surface area contributed by atoms with Crippen LogP contribution in [0.2, 0.25) is 0 Å². The van der Waals surface area contributed by atoms with Crippen molar-refractivity contribution in [2.24, 2.45) is 0 Å². The minimum atomic E-state index is -0.327. The Labute approximate surface area is 196 Å². The van der Waals surface area contributed by atoms with Crippen molar-refractivity contribution in [3.63, 3.8) is 0 Å². The lowest BCUT2D eigenvalue weighted by Gasteiger charge is -2.32. The molecule has 0 bridgehead atoms. The molecule has 3 heterocycles. The molecular formula is C23H27N5O4S. The molecule has 0 radical (unpaired) electrons. The van der Waals surface area contributed by atoms with Gasteiger partial charge in [-0.1, -0.05) is 30.8 Å². The Morgan fingerprint density at radius 2 is 2.03 bits per heavy atom. The molecule has 2 aromatic rings. The highest BCUT2D eigenvalue weighted by Crippen LogP contribution is 2.40. The molecule has 1 aromatic carbocycles. The summed E-state index contributed by atoms with van der Waals surface area (Å²) in [6, 6.07) is 7.24. The molecule has 1 unspecified atom stereocenters. The van der Waals surface area contributed by atoms with Crippen molar-refractivity contribution in [1.29, 1.82) is 0 Å². The predicted octanol–water partition coefficient (Wildman–Crippen LogP) is 2.65. The van der Waals surface area contributed by atoms with Gasteiger partial charge >= 0.3 is 0 Å². The van der Waals surface area contributed by atoms with E-state index in [4.69, 9.17) is 9.47 Å². The van der Waals surface area contributed by atoms with Gasteiger partial charge in [-0.05, 0) is 36.3 Å². The number of nitrogens with zero attached hydrogens (tertiary/aromatic N) is 4. The highest BCUT2D eigenvalue weighted by molar-refractivity contribution is 7.99. The number of anilines is 1. The first-order chi connectivity index (χ1) is 16.1. The van der Waals surface area contributed by atoms with E-state index in [0.29, 0.717) is 49.6 Å². The van der Waals surface area contributed by atoms with Crippen LogP contribution in [0.15, 0.2) is 40.7 Å². The van der Waals surface area contributed by atoms with E-state index < -0.39 is 0 Å². The van der Waals surface area contributed by atoms with Crippen molar-refractivity contribution in [2.45, 2.75) is 37.4 Å². The Hall–Kier alpha value is -2.85. The molecule has 3 aliphatic rings.